The molecule has 0 radical (unpaired) electrons. The summed E-state index contributed by atoms with van der Waals surface area (Å²) in [4.78, 5) is 33.0. The van der Waals surface area contributed by atoms with E-state index in [-0.39, 0.29) is 37.4 Å². The van der Waals surface area contributed by atoms with Crippen molar-refractivity contribution in [2.45, 2.75) is 53.5 Å². The fraction of sp³-hybridized carbons (Fsp3) is 0.406. The summed E-state index contributed by atoms with van der Waals surface area (Å²) in [5, 5.41) is 1.36. The molecule has 1 aliphatic rings. The van der Waals surface area contributed by atoms with Crippen LogP contribution < -0.4 is 11.3 Å². The van der Waals surface area contributed by atoms with E-state index in [1.807, 2.05) is 53.4 Å². The number of nitrogens with zero attached hydrogens (tertiary/aromatic N) is 3. The monoisotopic (exact) mass is 592 g/mol. The minimum Gasteiger partial charge on any atom is -0.387 e. The molecule has 3 aromatic rings. The van der Waals surface area contributed by atoms with Gasteiger partial charge >= 0.3 is 7.60 Å². The highest BCUT2D eigenvalue weighted by molar-refractivity contribution is 7.53. The van der Waals surface area contributed by atoms with Crippen LogP contribution in [0.25, 0.3) is 28.0 Å². The molecule has 0 saturated heterocycles. The maximum Gasteiger partial charge on any atom is 0.332 e. The molecule has 1 amide bonds. The number of aryl methyl sites for hydroxylation is 1. The Labute approximate surface area is 247 Å². The summed E-state index contributed by atoms with van der Waals surface area (Å²) in [6.07, 6.45) is 5.83. The van der Waals surface area contributed by atoms with Crippen molar-refractivity contribution in [3.63, 3.8) is 0 Å². The van der Waals surface area contributed by atoms with Crippen molar-refractivity contribution in [1.29, 1.82) is 0 Å². The van der Waals surface area contributed by atoms with E-state index in [9.17, 15) is 14.2 Å². The maximum atomic E-state index is 13.3. The van der Waals surface area contributed by atoms with Gasteiger partial charge in [0.15, 0.2) is 0 Å². The zero-order valence-electron chi connectivity index (χ0n) is 25.0. The number of aliphatic imine (C=N–C) groups is 1. The molecule has 10 heteroatoms. The number of carbonyl (C=O) groups is 1. The molecule has 1 aromatic heterocycles. The number of pyridine rings is 1. The molecule has 224 valence electrons. The fourth-order valence-electron chi connectivity index (χ4n) is 5.20. The van der Waals surface area contributed by atoms with Crippen molar-refractivity contribution in [3.8, 4) is 11.1 Å². The van der Waals surface area contributed by atoms with Gasteiger partial charge in [-0.15, -0.1) is 0 Å². The number of amides is 1. The molecule has 2 N–H and O–H groups in total. The first-order valence-corrected chi connectivity index (χ1v) is 16.4. The Morgan fingerprint density at radius 2 is 1.67 bits per heavy atom. The third kappa shape index (κ3) is 7.27. The third-order valence-electron chi connectivity index (χ3n) is 7.12. The van der Waals surface area contributed by atoms with Crippen molar-refractivity contribution < 1.29 is 18.4 Å². The van der Waals surface area contributed by atoms with Crippen LogP contribution in [-0.4, -0.2) is 53.7 Å². The molecule has 42 heavy (non-hydrogen) atoms. The first-order valence-electron chi connectivity index (χ1n) is 14.7. The SMILES string of the molecule is CCCN(CCC)C(=O)C1=Cc2ccc(-c3ccc4c(=O)n(CCP(=O)(OCC)OCC)ccc4c3)cc2N=C(N)C1. The van der Waals surface area contributed by atoms with Gasteiger partial charge in [0.2, 0.25) is 5.91 Å². The summed E-state index contributed by atoms with van der Waals surface area (Å²) in [7, 11) is -3.26. The lowest BCUT2D eigenvalue weighted by molar-refractivity contribution is -0.127. The van der Waals surface area contributed by atoms with Crippen LogP contribution in [0, 0.1) is 0 Å². The smallest absolute Gasteiger partial charge is 0.332 e. The lowest BCUT2D eigenvalue weighted by atomic mass is 9.99. The molecule has 2 aromatic carbocycles. The Morgan fingerprint density at radius 1 is 1.00 bits per heavy atom. The summed E-state index contributed by atoms with van der Waals surface area (Å²) >= 11 is 0. The Morgan fingerprint density at radius 3 is 2.33 bits per heavy atom. The number of fused-ring (bicyclic) bond motifs is 2. The highest BCUT2D eigenvalue weighted by Crippen LogP contribution is 2.47. The third-order valence-corrected chi connectivity index (χ3v) is 9.17. The zero-order valence-corrected chi connectivity index (χ0v) is 25.9. The Bertz CT molecular complexity index is 1590. The van der Waals surface area contributed by atoms with Gasteiger partial charge in [0.05, 0.1) is 25.1 Å². The number of aromatic nitrogens is 1. The van der Waals surface area contributed by atoms with Gasteiger partial charge < -0.3 is 24.2 Å². The summed E-state index contributed by atoms with van der Waals surface area (Å²) in [6, 6.07) is 13.5. The van der Waals surface area contributed by atoms with Crippen LogP contribution in [0.2, 0.25) is 0 Å². The van der Waals surface area contributed by atoms with Crippen molar-refractivity contribution in [2.24, 2.45) is 10.7 Å². The first-order chi connectivity index (χ1) is 20.2. The lowest BCUT2D eigenvalue weighted by Gasteiger charge is -2.22. The van der Waals surface area contributed by atoms with Gasteiger partial charge in [-0.2, -0.15) is 0 Å². The van der Waals surface area contributed by atoms with Gasteiger partial charge in [0.25, 0.3) is 5.56 Å². The topological polar surface area (TPSA) is 116 Å². The van der Waals surface area contributed by atoms with E-state index in [4.69, 9.17) is 14.8 Å². The van der Waals surface area contributed by atoms with Gasteiger partial charge in [-0.3, -0.25) is 14.2 Å². The van der Waals surface area contributed by atoms with Crippen molar-refractivity contribution in [2.75, 3.05) is 32.5 Å². The van der Waals surface area contributed by atoms with Crippen LogP contribution in [0.1, 0.15) is 52.5 Å². The van der Waals surface area contributed by atoms with Crippen LogP contribution in [0.5, 0.6) is 0 Å². The summed E-state index contributed by atoms with van der Waals surface area (Å²) in [6.45, 7) is 9.87. The Hall–Kier alpha value is -3.52. The second-order valence-corrected chi connectivity index (χ2v) is 12.5. The van der Waals surface area contributed by atoms with E-state index in [2.05, 4.69) is 18.8 Å². The van der Waals surface area contributed by atoms with Crippen LogP contribution in [0.4, 0.5) is 5.69 Å². The van der Waals surface area contributed by atoms with Gasteiger partial charge in [-0.25, -0.2) is 4.99 Å². The van der Waals surface area contributed by atoms with Gasteiger partial charge in [-0.1, -0.05) is 32.0 Å². The van der Waals surface area contributed by atoms with E-state index >= 15 is 0 Å². The number of carbonyl (C=O) groups excluding carboxylic acids is 1. The first kappa shape index (κ1) is 31.4. The summed E-state index contributed by atoms with van der Waals surface area (Å²) < 4.78 is 25.1. The molecule has 0 bridgehead atoms. The molecular weight excluding hydrogens is 551 g/mol. The van der Waals surface area contributed by atoms with Crippen LogP contribution in [-0.2, 0) is 25.0 Å². The molecule has 0 unspecified atom stereocenters. The second-order valence-electron chi connectivity index (χ2n) is 10.3. The van der Waals surface area contributed by atoms with E-state index in [0.29, 0.717) is 42.0 Å². The lowest BCUT2D eigenvalue weighted by Crippen LogP contribution is -2.34. The quantitative estimate of drug-likeness (QED) is 0.231. The van der Waals surface area contributed by atoms with Gasteiger partial charge in [0.1, 0.15) is 5.84 Å². The average Bonchev–Trinajstić information content (AvgIpc) is 3.14. The molecule has 0 fully saturated rings. The Balaban J connectivity index is 1.61. The van der Waals surface area contributed by atoms with Crippen molar-refractivity contribution >= 4 is 41.9 Å². The molecule has 4 rings (SSSR count). The largest absolute Gasteiger partial charge is 0.387 e. The van der Waals surface area contributed by atoms with Crippen LogP contribution >= 0.6 is 7.60 Å². The number of benzene rings is 2. The summed E-state index contributed by atoms with van der Waals surface area (Å²) in [5.74, 6) is 0.406. The Kier molecular flexibility index (Phi) is 10.5. The highest BCUT2D eigenvalue weighted by Gasteiger charge is 2.24. The standard InChI is InChI=1S/C32H41N4O5P/c1-5-14-35(15-6-2)31(37)27-20-26-10-9-24(21-29(26)34-30(33)22-27)23-11-12-28-25(19-23)13-16-36(32(28)38)17-18-42(39,40-7-3)41-8-4/h9-13,16,19-21H,5-8,14-15,17-18,22H2,1-4H3,(H2,33,34). The van der Waals surface area contributed by atoms with E-state index in [1.54, 1.807) is 24.6 Å². The molecule has 2 heterocycles. The number of rotatable bonds is 13. The molecule has 0 aliphatic carbocycles. The molecule has 0 saturated carbocycles. The zero-order chi connectivity index (χ0) is 30.3. The predicted octanol–water partition coefficient (Wildman–Crippen LogP) is 6.36. The normalized spacial score (nSPS) is 13.3. The number of hydrogen-bond donors (Lipinski definition) is 1. The van der Waals surface area contributed by atoms with Gasteiger partial charge in [-0.05, 0) is 73.5 Å². The van der Waals surface area contributed by atoms with Crippen LogP contribution in [0.15, 0.2) is 64.0 Å². The number of hydrogen-bond acceptors (Lipinski definition) is 7. The predicted molar refractivity (Wildman–Crippen MR) is 170 cm³/mol. The molecule has 1 aliphatic heterocycles. The molecule has 0 spiro atoms. The minimum absolute atomic E-state index is 0.00700. The molecular formula is C32H41N4O5P. The van der Waals surface area contributed by atoms with Crippen molar-refractivity contribution in [3.05, 3.63) is 70.2 Å². The molecule has 9 nitrogen and oxygen atoms in total. The number of nitrogens with two attached hydrogens (primary N) is 1. The summed E-state index contributed by atoms with van der Waals surface area (Å²) in [5.41, 5.74) is 10.1. The van der Waals surface area contributed by atoms with E-state index in [0.717, 1.165) is 34.9 Å². The molecule has 0 atom stereocenters. The van der Waals surface area contributed by atoms with Crippen molar-refractivity contribution in [1.82, 2.24) is 9.47 Å². The average molecular weight is 593 g/mol. The van der Waals surface area contributed by atoms with E-state index in [1.165, 1.54) is 0 Å². The van der Waals surface area contributed by atoms with E-state index < -0.39 is 7.60 Å². The fourth-order valence-corrected chi connectivity index (χ4v) is 6.78. The minimum atomic E-state index is -3.26. The number of amidine groups is 1. The highest BCUT2D eigenvalue weighted by atomic mass is 31.2. The van der Waals surface area contributed by atoms with Gasteiger partial charge in [0, 0.05) is 48.8 Å². The van der Waals surface area contributed by atoms with Crippen LogP contribution in [0.3, 0.4) is 0 Å². The maximum absolute atomic E-state index is 13.3. The second kappa shape index (κ2) is 14.1.